The fourth-order valence-electron chi connectivity index (χ4n) is 3.57. The first kappa shape index (κ1) is 22.6. The first-order valence-corrected chi connectivity index (χ1v) is 11.5. The van der Waals surface area contributed by atoms with Gasteiger partial charge < -0.3 is 9.80 Å². The zero-order chi connectivity index (χ0) is 23.2. The average Bonchev–Trinajstić information content (AvgIpc) is 3.27. The minimum atomic E-state index is -0.330. The smallest absolute Gasteiger partial charge is 0.257 e. The third-order valence-corrected chi connectivity index (χ3v) is 6.20. The van der Waals surface area contributed by atoms with Crippen LogP contribution in [-0.4, -0.2) is 58.7 Å². The van der Waals surface area contributed by atoms with Crippen LogP contribution in [0.3, 0.4) is 0 Å². The number of anilines is 1. The maximum Gasteiger partial charge on any atom is 0.257 e. The molecule has 0 unspecified atom stereocenters. The second-order valence-electron chi connectivity index (χ2n) is 7.71. The summed E-state index contributed by atoms with van der Waals surface area (Å²) in [7, 11) is 0. The van der Waals surface area contributed by atoms with E-state index in [0.717, 1.165) is 5.56 Å². The van der Waals surface area contributed by atoms with Gasteiger partial charge in [0.25, 0.3) is 5.91 Å². The Kier molecular flexibility index (Phi) is 7.09. The predicted octanol–water partition coefficient (Wildman–Crippen LogP) is 2.99. The zero-order valence-corrected chi connectivity index (χ0v) is 18.7. The van der Waals surface area contributed by atoms with Gasteiger partial charge >= 0.3 is 0 Å². The molecule has 0 aliphatic carbocycles. The normalized spacial score (nSPS) is 13.6. The van der Waals surface area contributed by atoms with E-state index in [1.165, 1.54) is 23.5 Å². The summed E-state index contributed by atoms with van der Waals surface area (Å²) < 4.78 is 13.0. The molecule has 1 aliphatic rings. The van der Waals surface area contributed by atoms with Gasteiger partial charge in [0.2, 0.25) is 11.8 Å². The minimum Gasteiger partial charge on any atom is -0.339 e. The Balaban J connectivity index is 1.24. The molecule has 7 nitrogen and oxygen atoms in total. The van der Waals surface area contributed by atoms with Gasteiger partial charge in [-0.3, -0.25) is 19.7 Å². The number of rotatable bonds is 6. The lowest BCUT2D eigenvalue weighted by molar-refractivity contribution is -0.138. The Labute approximate surface area is 194 Å². The van der Waals surface area contributed by atoms with Gasteiger partial charge in [0, 0.05) is 37.1 Å². The van der Waals surface area contributed by atoms with Gasteiger partial charge in [-0.2, -0.15) is 0 Å². The molecule has 3 amide bonds. The summed E-state index contributed by atoms with van der Waals surface area (Å²) in [5, 5.41) is 4.96. The molecule has 4 rings (SSSR count). The number of carbonyl (C=O) groups is 3. The maximum atomic E-state index is 13.0. The van der Waals surface area contributed by atoms with Crippen molar-refractivity contribution in [3.8, 4) is 0 Å². The van der Waals surface area contributed by atoms with Crippen LogP contribution in [0.5, 0.6) is 0 Å². The average molecular weight is 467 g/mol. The van der Waals surface area contributed by atoms with Crippen molar-refractivity contribution in [2.75, 3.05) is 31.5 Å². The highest BCUT2D eigenvalue weighted by Gasteiger charge is 2.24. The fraction of sp³-hybridized carbons (Fsp3) is 0.250. The Morgan fingerprint density at radius 2 is 1.48 bits per heavy atom. The summed E-state index contributed by atoms with van der Waals surface area (Å²) in [6, 6.07) is 14.8. The van der Waals surface area contributed by atoms with Gasteiger partial charge in [0.05, 0.1) is 18.5 Å². The van der Waals surface area contributed by atoms with E-state index in [-0.39, 0.29) is 36.4 Å². The van der Waals surface area contributed by atoms with Gasteiger partial charge in [0.1, 0.15) is 5.82 Å². The third-order valence-electron chi connectivity index (χ3n) is 5.39. The van der Waals surface area contributed by atoms with E-state index in [4.69, 9.17) is 0 Å². The highest BCUT2D eigenvalue weighted by molar-refractivity contribution is 7.14. The molecule has 1 N–H and O–H groups in total. The number of carbonyl (C=O) groups excluding carboxylic acids is 3. The van der Waals surface area contributed by atoms with Crippen LogP contribution in [0.2, 0.25) is 0 Å². The molecule has 3 aromatic rings. The van der Waals surface area contributed by atoms with Crippen molar-refractivity contribution >= 4 is 34.2 Å². The van der Waals surface area contributed by atoms with Crippen LogP contribution in [0.25, 0.3) is 0 Å². The van der Waals surface area contributed by atoms with Gasteiger partial charge in [-0.15, -0.1) is 11.3 Å². The fourth-order valence-corrected chi connectivity index (χ4v) is 4.27. The number of nitrogens with one attached hydrogen (secondary N) is 1. The maximum absolute atomic E-state index is 13.0. The number of piperazine rings is 1. The molecule has 1 aliphatic heterocycles. The topological polar surface area (TPSA) is 82.6 Å². The lowest BCUT2D eigenvalue weighted by Crippen LogP contribution is -2.51. The lowest BCUT2D eigenvalue weighted by atomic mass is 10.1. The third kappa shape index (κ3) is 6.01. The van der Waals surface area contributed by atoms with Gasteiger partial charge in [0.15, 0.2) is 5.13 Å². The number of amides is 3. The molecule has 0 spiro atoms. The lowest BCUT2D eigenvalue weighted by Gasteiger charge is -2.34. The Morgan fingerprint density at radius 3 is 2.12 bits per heavy atom. The molecule has 0 saturated carbocycles. The van der Waals surface area contributed by atoms with Crippen LogP contribution in [0, 0.1) is 5.82 Å². The summed E-state index contributed by atoms with van der Waals surface area (Å²) in [6.07, 6.45) is 0.353. The van der Waals surface area contributed by atoms with Crippen LogP contribution in [-0.2, 0) is 22.4 Å². The second-order valence-corrected chi connectivity index (χ2v) is 8.56. The van der Waals surface area contributed by atoms with Crippen molar-refractivity contribution < 1.29 is 18.8 Å². The summed E-state index contributed by atoms with van der Waals surface area (Å²) in [5.41, 5.74) is 1.90. The summed E-state index contributed by atoms with van der Waals surface area (Å²) in [6.45, 7) is 1.83. The van der Waals surface area contributed by atoms with Crippen molar-refractivity contribution in [3.05, 3.63) is 82.6 Å². The van der Waals surface area contributed by atoms with Crippen molar-refractivity contribution in [2.45, 2.75) is 12.8 Å². The van der Waals surface area contributed by atoms with E-state index in [1.807, 2.05) is 6.07 Å². The predicted molar refractivity (Wildman–Crippen MR) is 123 cm³/mol. The molecule has 1 saturated heterocycles. The van der Waals surface area contributed by atoms with Crippen LogP contribution in [0.4, 0.5) is 9.52 Å². The van der Waals surface area contributed by atoms with Gasteiger partial charge in [-0.25, -0.2) is 9.37 Å². The molecule has 0 atom stereocenters. The van der Waals surface area contributed by atoms with Crippen LogP contribution >= 0.6 is 11.3 Å². The van der Waals surface area contributed by atoms with Gasteiger partial charge in [-0.05, 0) is 29.8 Å². The van der Waals surface area contributed by atoms with Crippen molar-refractivity contribution in [1.82, 2.24) is 14.8 Å². The van der Waals surface area contributed by atoms with Crippen molar-refractivity contribution in [3.63, 3.8) is 0 Å². The van der Waals surface area contributed by atoms with E-state index in [2.05, 4.69) is 10.3 Å². The molecule has 1 aromatic heterocycles. The quantitative estimate of drug-likeness (QED) is 0.606. The summed E-state index contributed by atoms with van der Waals surface area (Å²) >= 11 is 1.28. The number of hydrogen-bond acceptors (Lipinski definition) is 5. The zero-order valence-electron chi connectivity index (χ0n) is 17.9. The van der Waals surface area contributed by atoms with Crippen LogP contribution < -0.4 is 5.32 Å². The van der Waals surface area contributed by atoms with Gasteiger partial charge in [-0.1, -0.05) is 30.3 Å². The Hall–Kier alpha value is -3.59. The molecule has 0 radical (unpaired) electrons. The standard InChI is InChI=1S/C24H23FN4O3S/c25-19-8-6-17(7-9-19)14-21(30)28-10-12-29(13-11-28)22(31)15-20-16-33-24(26-20)27-23(32)18-4-2-1-3-5-18/h1-9,16H,10-15H2,(H,26,27,32). The van der Waals surface area contributed by atoms with E-state index < -0.39 is 0 Å². The number of hydrogen-bond donors (Lipinski definition) is 1. The Bertz CT molecular complexity index is 1130. The molecule has 2 heterocycles. The molecule has 0 bridgehead atoms. The minimum absolute atomic E-state index is 0.0352. The Morgan fingerprint density at radius 1 is 0.879 bits per heavy atom. The molecule has 9 heteroatoms. The van der Waals surface area contributed by atoms with E-state index in [9.17, 15) is 18.8 Å². The second kappa shape index (κ2) is 10.4. The SMILES string of the molecule is O=C(Nc1nc(CC(=O)N2CCN(C(=O)Cc3ccc(F)cc3)CC2)cs1)c1ccccc1. The van der Waals surface area contributed by atoms with Crippen LogP contribution in [0.15, 0.2) is 60.0 Å². The molecular weight excluding hydrogens is 443 g/mol. The van der Waals surface area contributed by atoms with Crippen molar-refractivity contribution in [1.29, 1.82) is 0 Å². The number of aromatic nitrogens is 1. The molecule has 2 aromatic carbocycles. The number of thiazole rings is 1. The number of benzene rings is 2. The number of halogens is 1. The molecule has 170 valence electrons. The van der Waals surface area contributed by atoms with E-state index in [0.29, 0.717) is 42.6 Å². The molecule has 1 fully saturated rings. The van der Waals surface area contributed by atoms with Crippen LogP contribution in [0.1, 0.15) is 21.6 Å². The summed E-state index contributed by atoms with van der Waals surface area (Å²) in [5.74, 6) is -0.674. The van der Waals surface area contributed by atoms with E-state index >= 15 is 0 Å². The summed E-state index contributed by atoms with van der Waals surface area (Å²) in [4.78, 5) is 45.2. The van der Waals surface area contributed by atoms with Crippen molar-refractivity contribution in [2.24, 2.45) is 0 Å². The molecular formula is C24H23FN4O3S. The number of nitrogens with zero attached hydrogens (tertiary/aromatic N) is 3. The highest BCUT2D eigenvalue weighted by atomic mass is 32.1. The van der Waals surface area contributed by atoms with E-state index in [1.54, 1.807) is 51.6 Å². The first-order valence-electron chi connectivity index (χ1n) is 10.6. The highest BCUT2D eigenvalue weighted by Crippen LogP contribution is 2.18. The monoisotopic (exact) mass is 466 g/mol. The largest absolute Gasteiger partial charge is 0.339 e. The molecule has 33 heavy (non-hydrogen) atoms. The first-order chi connectivity index (χ1) is 16.0.